The van der Waals surface area contributed by atoms with Crippen molar-refractivity contribution in [1.29, 1.82) is 0 Å². The Hall–Kier alpha value is -3.09. The molecule has 0 aliphatic heterocycles. The quantitative estimate of drug-likeness (QED) is 0.597. The van der Waals surface area contributed by atoms with Gasteiger partial charge in [0.1, 0.15) is 11.6 Å². The van der Waals surface area contributed by atoms with Gasteiger partial charge in [-0.05, 0) is 51.0 Å². The lowest BCUT2D eigenvalue weighted by molar-refractivity contribution is 0.354. The van der Waals surface area contributed by atoms with Gasteiger partial charge in [-0.3, -0.25) is 4.68 Å². The molecular formula is C23H31N5O2. The molecule has 3 aromatic rings. The highest BCUT2D eigenvalue weighted by Crippen LogP contribution is 2.28. The average molecular weight is 410 g/mol. The Morgan fingerprint density at radius 1 is 1.00 bits per heavy atom. The molecule has 7 heteroatoms. The van der Waals surface area contributed by atoms with Gasteiger partial charge in [0.2, 0.25) is 0 Å². The van der Waals surface area contributed by atoms with Crippen LogP contribution < -0.4 is 14.8 Å². The van der Waals surface area contributed by atoms with Gasteiger partial charge < -0.3 is 14.8 Å². The van der Waals surface area contributed by atoms with Crippen molar-refractivity contribution in [2.75, 3.05) is 19.5 Å². The van der Waals surface area contributed by atoms with E-state index in [2.05, 4.69) is 52.8 Å². The molecule has 160 valence electrons. The Bertz CT molecular complexity index is 1030. The minimum absolute atomic E-state index is 0.214. The third-order valence-corrected chi connectivity index (χ3v) is 5.47. The van der Waals surface area contributed by atoms with Crippen LogP contribution in [0.4, 0.5) is 5.82 Å². The number of methoxy groups -OCH3 is 2. The van der Waals surface area contributed by atoms with Gasteiger partial charge in [0.05, 0.1) is 25.6 Å². The van der Waals surface area contributed by atoms with Gasteiger partial charge in [-0.25, -0.2) is 9.97 Å². The van der Waals surface area contributed by atoms with Crippen LogP contribution in [0.3, 0.4) is 0 Å². The van der Waals surface area contributed by atoms with Crippen LogP contribution in [0.15, 0.2) is 24.3 Å². The molecule has 0 unspecified atom stereocenters. The monoisotopic (exact) mass is 409 g/mol. The fourth-order valence-corrected chi connectivity index (χ4v) is 3.43. The normalized spacial score (nSPS) is 12.0. The first-order valence-electron chi connectivity index (χ1n) is 10.1. The number of anilines is 1. The van der Waals surface area contributed by atoms with E-state index in [-0.39, 0.29) is 5.92 Å². The first-order chi connectivity index (χ1) is 14.3. The predicted octanol–water partition coefficient (Wildman–Crippen LogP) is 4.34. The molecule has 0 amide bonds. The summed E-state index contributed by atoms with van der Waals surface area (Å²) in [4.78, 5) is 9.21. The van der Waals surface area contributed by atoms with E-state index in [1.165, 1.54) is 11.3 Å². The van der Waals surface area contributed by atoms with Crippen molar-refractivity contribution in [3.63, 3.8) is 0 Å². The van der Waals surface area contributed by atoms with Crippen LogP contribution in [0.25, 0.3) is 0 Å². The molecule has 0 aliphatic carbocycles. The van der Waals surface area contributed by atoms with Gasteiger partial charge in [-0.1, -0.05) is 13.0 Å². The van der Waals surface area contributed by atoms with Gasteiger partial charge in [-0.2, -0.15) is 5.10 Å². The van der Waals surface area contributed by atoms with E-state index < -0.39 is 0 Å². The highest BCUT2D eigenvalue weighted by molar-refractivity contribution is 5.45. The molecule has 2 heterocycles. The molecule has 0 radical (unpaired) electrons. The molecule has 0 bridgehead atoms. The van der Waals surface area contributed by atoms with Gasteiger partial charge >= 0.3 is 0 Å². The molecule has 0 aliphatic rings. The van der Waals surface area contributed by atoms with Crippen LogP contribution in [0.5, 0.6) is 11.5 Å². The summed E-state index contributed by atoms with van der Waals surface area (Å²) in [6, 6.07) is 7.91. The number of aromatic nitrogens is 4. The van der Waals surface area contributed by atoms with E-state index in [9.17, 15) is 0 Å². The molecule has 0 spiro atoms. The third kappa shape index (κ3) is 4.72. The number of hydrogen-bond acceptors (Lipinski definition) is 6. The minimum atomic E-state index is 0.214. The number of aryl methyl sites for hydroxylation is 2. The summed E-state index contributed by atoms with van der Waals surface area (Å²) in [5.74, 6) is 3.20. The highest BCUT2D eigenvalue weighted by Gasteiger charge is 2.15. The van der Waals surface area contributed by atoms with E-state index in [1.807, 2.05) is 31.2 Å². The number of rotatable bonds is 8. The van der Waals surface area contributed by atoms with E-state index in [0.29, 0.717) is 12.3 Å². The largest absolute Gasteiger partial charge is 0.493 e. The second-order valence-corrected chi connectivity index (χ2v) is 7.65. The number of hydrogen-bond donors (Lipinski definition) is 1. The molecule has 7 nitrogen and oxygen atoms in total. The van der Waals surface area contributed by atoms with Crippen molar-refractivity contribution in [1.82, 2.24) is 19.7 Å². The fourth-order valence-electron chi connectivity index (χ4n) is 3.43. The molecule has 0 saturated heterocycles. The zero-order chi connectivity index (χ0) is 21.8. The lowest BCUT2D eigenvalue weighted by atomic mass is 10.1. The lowest BCUT2D eigenvalue weighted by Gasteiger charge is -2.15. The maximum atomic E-state index is 5.39. The Morgan fingerprint density at radius 2 is 1.73 bits per heavy atom. The van der Waals surface area contributed by atoms with Crippen molar-refractivity contribution in [3.8, 4) is 11.5 Å². The second kappa shape index (κ2) is 9.15. The Kier molecular flexibility index (Phi) is 6.59. The van der Waals surface area contributed by atoms with E-state index in [1.54, 1.807) is 14.2 Å². The van der Waals surface area contributed by atoms with Crippen molar-refractivity contribution in [2.45, 2.75) is 53.6 Å². The van der Waals surface area contributed by atoms with Crippen molar-refractivity contribution >= 4 is 5.82 Å². The van der Waals surface area contributed by atoms with Crippen molar-refractivity contribution < 1.29 is 9.47 Å². The summed E-state index contributed by atoms with van der Waals surface area (Å²) >= 11 is 0. The number of nitrogens with one attached hydrogen (secondary N) is 1. The van der Waals surface area contributed by atoms with Gasteiger partial charge in [0.15, 0.2) is 11.5 Å². The van der Waals surface area contributed by atoms with Crippen LogP contribution in [0, 0.1) is 27.7 Å². The average Bonchev–Trinajstić information content (AvgIpc) is 2.98. The van der Waals surface area contributed by atoms with Gasteiger partial charge in [-0.15, -0.1) is 0 Å². The topological polar surface area (TPSA) is 74.1 Å². The summed E-state index contributed by atoms with van der Waals surface area (Å²) in [6.45, 7) is 11.8. The zero-order valence-electron chi connectivity index (χ0n) is 18.9. The van der Waals surface area contributed by atoms with Crippen LogP contribution in [-0.4, -0.2) is 34.0 Å². The minimum Gasteiger partial charge on any atom is -0.493 e. The standard InChI is InChI=1S/C23H31N5O2/c1-14(13-28-17(4)15(2)16(3)27-28)20-11-23(26-18(5)25-20)24-12-19-8-9-21(29-6)22(10-19)30-7/h8-11,14H,12-13H2,1-7H3,(H,24,25,26)/t14-/m1/s1. The van der Waals surface area contributed by atoms with E-state index >= 15 is 0 Å². The molecule has 0 fully saturated rings. The van der Waals surface area contributed by atoms with Gasteiger partial charge in [0, 0.05) is 30.8 Å². The summed E-state index contributed by atoms with van der Waals surface area (Å²) in [7, 11) is 3.27. The second-order valence-electron chi connectivity index (χ2n) is 7.65. The number of ether oxygens (including phenoxy) is 2. The lowest BCUT2D eigenvalue weighted by Crippen LogP contribution is -2.13. The SMILES string of the molecule is COc1ccc(CNc2cc([C@H](C)Cn3nc(C)c(C)c3C)nc(C)n2)cc1OC. The molecule has 0 saturated carbocycles. The Balaban J connectivity index is 1.74. The van der Waals surface area contributed by atoms with Crippen LogP contribution >= 0.6 is 0 Å². The van der Waals surface area contributed by atoms with Crippen LogP contribution in [0.1, 0.15) is 46.9 Å². The van der Waals surface area contributed by atoms with E-state index in [4.69, 9.17) is 9.47 Å². The molecule has 3 rings (SSSR count). The summed E-state index contributed by atoms with van der Waals surface area (Å²) in [5, 5.41) is 8.07. The summed E-state index contributed by atoms with van der Waals surface area (Å²) in [6.07, 6.45) is 0. The van der Waals surface area contributed by atoms with Crippen LogP contribution in [-0.2, 0) is 13.1 Å². The highest BCUT2D eigenvalue weighted by atomic mass is 16.5. The smallest absolute Gasteiger partial charge is 0.161 e. The van der Waals surface area contributed by atoms with Crippen molar-refractivity contribution in [3.05, 3.63) is 58.3 Å². The Labute approximate surface area is 178 Å². The van der Waals surface area contributed by atoms with Gasteiger partial charge in [0.25, 0.3) is 0 Å². The maximum Gasteiger partial charge on any atom is 0.161 e. The molecular weight excluding hydrogens is 378 g/mol. The fraction of sp³-hybridized carbons (Fsp3) is 0.435. The Morgan fingerprint density at radius 3 is 2.37 bits per heavy atom. The predicted molar refractivity (Wildman–Crippen MR) is 118 cm³/mol. The van der Waals surface area contributed by atoms with Crippen LogP contribution in [0.2, 0.25) is 0 Å². The first kappa shape index (κ1) is 21.6. The zero-order valence-corrected chi connectivity index (χ0v) is 18.9. The van der Waals surface area contributed by atoms with Crippen molar-refractivity contribution in [2.24, 2.45) is 0 Å². The molecule has 30 heavy (non-hydrogen) atoms. The first-order valence-corrected chi connectivity index (χ1v) is 10.1. The number of benzene rings is 1. The summed E-state index contributed by atoms with van der Waals surface area (Å²) < 4.78 is 12.8. The molecule has 1 aromatic carbocycles. The molecule has 1 N–H and O–H groups in total. The summed E-state index contributed by atoms with van der Waals surface area (Å²) in [5.41, 5.74) is 5.62. The molecule has 2 aromatic heterocycles. The van der Waals surface area contributed by atoms with E-state index in [0.717, 1.165) is 40.9 Å². The maximum absolute atomic E-state index is 5.39. The third-order valence-electron chi connectivity index (χ3n) is 5.47. The number of nitrogens with zero attached hydrogens (tertiary/aromatic N) is 4. The molecule has 1 atom stereocenters.